The Morgan fingerprint density at radius 2 is 2.18 bits per heavy atom. The maximum absolute atomic E-state index is 12.4. The lowest BCUT2D eigenvalue weighted by Crippen LogP contribution is -2.53. The zero-order chi connectivity index (χ0) is 16.5. The lowest BCUT2D eigenvalue weighted by atomic mass is 9.99. The summed E-state index contributed by atoms with van der Waals surface area (Å²) in [5, 5.41) is 0. The fourth-order valence-corrected chi connectivity index (χ4v) is 2.59. The summed E-state index contributed by atoms with van der Waals surface area (Å²) in [6.45, 7) is 5.65. The molecule has 1 aliphatic rings. The summed E-state index contributed by atoms with van der Waals surface area (Å²) in [4.78, 5) is 31.9. The van der Waals surface area contributed by atoms with Crippen LogP contribution in [0.5, 0.6) is 0 Å². The number of fused-ring (bicyclic) bond motifs is 1. The van der Waals surface area contributed by atoms with Gasteiger partial charge in [0.05, 0.1) is 18.3 Å². The van der Waals surface area contributed by atoms with Crippen LogP contribution in [0, 0.1) is 0 Å². The summed E-state index contributed by atoms with van der Waals surface area (Å²) in [5.41, 5.74) is 1.08. The summed E-state index contributed by atoms with van der Waals surface area (Å²) < 4.78 is 5.34. The van der Waals surface area contributed by atoms with Gasteiger partial charge in [-0.2, -0.15) is 0 Å². The van der Waals surface area contributed by atoms with E-state index in [2.05, 4.69) is 4.98 Å². The molecule has 1 aromatic heterocycles. The van der Waals surface area contributed by atoms with Crippen molar-refractivity contribution in [1.29, 1.82) is 0 Å². The number of pyridine rings is 1. The highest BCUT2D eigenvalue weighted by molar-refractivity contribution is 5.96. The molecule has 0 saturated heterocycles. The molecule has 0 fully saturated rings. The van der Waals surface area contributed by atoms with Gasteiger partial charge in [0.15, 0.2) is 0 Å². The van der Waals surface area contributed by atoms with Crippen LogP contribution in [0.3, 0.4) is 0 Å². The first-order chi connectivity index (χ1) is 10.2. The van der Waals surface area contributed by atoms with E-state index in [1.807, 2.05) is 38.8 Å². The van der Waals surface area contributed by atoms with Gasteiger partial charge in [-0.3, -0.25) is 19.5 Å². The number of rotatable bonds is 3. The van der Waals surface area contributed by atoms with Crippen molar-refractivity contribution in [2.24, 2.45) is 0 Å². The van der Waals surface area contributed by atoms with Crippen LogP contribution >= 0.6 is 0 Å². The molecule has 1 aromatic rings. The molecule has 6 nitrogen and oxygen atoms in total. The summed E-state index contributed by atoms with van der Waals surface area (Å²) in [6.07, 6.45) is 3.77. The third-order valence-corrected chi connectivity index (χ3v) is 3.62. The van der Waals surface area contributed by atoms with E-state index in [-0.39, 0.29) is 24.6 Å². The standard InChI is InChI=1S/C16H23N3O3/c1-16(2,3)22-14(20)10-18(4)13-8-11-6-7-17-9-12(11)15(21)19(13)5/h6-7,9,13H,8,10H2,1-5H3. The smallest absolute Gasteiger partial charge is 0.320 e. The maximum Gasteiger partial charge on any atom is 0.320 e. The minimum absolute atomic E-state index is 0.0737. The largest absolute Gasteiger partial charge is 0.459 e. The van der Waals surface area contributed by atoms with Crippen molar-refractivity contribution in [1.82, 2.24) is 14.8 Å². The number of likely N-dealkylation sites (N-methyl/N-ethyl adjacent to an activating group) is 2. The van der Waals surface area contributed by atoms with Gasteiger partial charge < -0.3 is 9.64 Å². The molecular weight excluding hydrogens is 282 g/mol. The molecule has 120 valence electrons. The molecule has 6 heteroatoms. The number of ether oxygens (including phenoxy) is 1. The first-order valence-electron chi connectivity index (χ1n) is 7.31. The minimum atomic E-state index is -0.509. The predicted octanol–water partition coefficient (Wildman–Crippen LogP) is 1.31. The van der Waals surface area contributed by atoms with E-state index in [9.17, 15) is 9.59 Å². The second kappa shape index (κ2) is 6.04. The highest BCUT2D eigenvalue weighted by Crippen LogP contribution is 2.22. The van der Waals surface area contributed by atoms with E-state index in [1.165, 1.54) is 0 Å². The Bertz CT molecular complexity index is 580. The van der Waals surface area contributed by atoms with Crippen LogP contribution in [0.15, 0.2) is 18.5 Å². The molecule has 0 radical (unpaired) electrons. The van der Waals surface area contributed by atoms with Crippen LogP contribution < -0.4 is 0 Å². The summed E-state index contributed by atoms with van der Waals surface area (Å²) in [5.74, 6) is -0.369. The first-order valence-corrected chi connectivity index (χ1v) is 7.31. The Kier molecular flexibility index (Phi) is 4.51. The zero-order valence-electron chi connectivity index (χ0n) is 13.8. The van der Waals surface area contributed by atoms with Crippen molar-refractivity contribution in [2.45, 2.75) is 39.0 Å². The van der Waals surface area contributed by atoms with Crippen LogP contribution in [0.2, 0.25) is 0 Å². The highest BCUT2D eigenvalue weighted by atomic mass is 16.6. The van der Waals surface area contributed by atoms with Crippen LogP contribution in [0.4, 0.5) is 0 Å². The van der Waals surface area contributed by atoms with Crippen LogP contribution in [-0.2, 0) is 16.0 Å². The second-order valence-electron chi connectivity index (χ2n) is 6.64. The van der Waals surface area contributed by atoms with Crippen molar-refractivity contribution < 1.29 is 14.3 Å². The minimum Gasteiger partial charge on any atom is -0.459 e. The number of carbonyl (C=O) groups excluding carboxylic acids is 2. The Balaban J connectivity index is 2.09. The first kappa shape index (κ1) is 16.4. The van der Waals surface area contributed by atoms with Gasteiger partial charge in [0.2, 0.25) is 0 Å². The van der Waals surface area contributed by atoms with Gasteiger partial charge in [0, 0.05) is 25.9 Å². The molecule has 0 saturated carbocycles. The van der Waals surface area contributed by atoms with E-state index in [4.69, 9.17) is 4.74 Å². The Hall–Kier alpha value is -1.95. The van der Waals surface area contributed by atoms with Gasteiger partial charge in [0.25, 0.3) is 5.91 Å². The number of hydrogen-bond donors (Lipinski definition) is 0. The van der Waals surface area contributed by atoms with Crippen molar-refractivity contribution in [3.05, 3.63) is 29.6 Å². The van der Waals surface area contributed by atoms with Gasteiger partial charge in [-0.15, -0.1) is 0 Å². The zero-order valence-corrected chi connectivity index (χ0v) is 13.8. The maximum atomic E-state index is 12.4. The summed E-state index contributed by atoms with van der Waals surface area (Å²) >= 11 is 0. The lowest BCUT2D eigenvalue weighted by Gasteiger charge is -2.39. The molecule has 2 heterocycles. The van der Waals surface area contributed by atoms with Crippen molar-refractivity contribution in [2.75, 3.05) is 20.6 Å². The Morgan fingerprint density at radius 1 is 1.50 bits per heavy atom. The second-order valence-corrected chi connectivity index (χ2v) is 6.64. The number of amides is 1. The average molecular weight is 305 g/mol. The number of esters is 1. The van der Waals surface area contributed by atoms with E-state index in [0.29, 0.717) is 12.0 Å². The fraction of sp³-hybridized carbons (Fsp3) is 0.562. The summed E-state index contributed by atoms with van der Waals surface area (Å²) in [7, 11) is 3.57. The quantitative estimate of drug-likeness (QED) is 0.788. The van der Waals surface area contributed by atoms with Gasteiger partial charge in [0.1, 0.15) is 5.60 Å². The summed E-state index contributed by atoms with van der Waals surface area (Å²) in [6, 6.07) is 1.86. The van der Waals surface area contributed by atoms with E-state index >= 15 is 0 Å². The van der Waals surface area contributed by atoms with Gasteiger partial charge in [-0.25, -0.2) is 0 Å². The van der Waals surface area contributed by atoms with Crippen LogP contribution in [0.1, 0.15) is 36.7 Å². The molecular formula is C16H23N3O3. The van der Waals surface area contributed by atoms with Crippen LogP contribution in [-0.4, -0.2) is 59.1 Å². The molecule has 0 aromatic carbocycles. The molecule has 1 aliphatic heterocycles. The number of aromatic nitrogens is 1. The molecule has 2 rings (SSSR count). The lowest BCUT2D eigenvalue weighted by molar-refractivity contribution is -0.157. The fourth-order valence-electron chi connectivity index (χ4n) is 2.59. The third-order valence-electron chi connectivity index (χ3n) is 3.62. The molecule has 0 N–H and O–H groups in total. The molecule has 1 unspecified atom stereocenters. The molecule has 1 amide bonds. The molecule has 0 bridgehead atoms. The Labute approximate surface area is 131 Å². The average Bonchev–Trinajstić information content (AvgIpc) is 2.40. The SMILES string of the molecule is CN(CC(=O)OC(C)(C)C)C1Cc2ccncc2C(=O)N1C. The predicted molar refractivity (Wildman–Crippen MR) is 82.3 cm³/mol. The van der Waals surface area contributed by atoms with E-state index in [1.54, 1.807) is 24.3 Å². The molecule has 0 spiro atoms. The van der Waals surface area contributed by atoms with Gasteiger partial charge in [-0.05, 0) is 39.4 Å². The van der Waals surface area contributed by atoms with E-state index < -0.39 is 5.60 Å². The normalized spacial score (nSPS) is 18.4. The molecule has 1 atom stereocenters. The highest BCUT2D eigenvalue weighted by Gasteiger charge is 2.33. The van der Waals surface area contributed by atoms with Crippen LogP contribution in [0.25, 0.3) is 0 Å². The van der Waals surface area contributed by atoms with Crippen molar-refractivity contribution >= 4 is 11.9 Å². The molecule has 22 heavy (non-hydrogen) atoms. The topological polar surface area (TPSA) is 62.7 Å². The monoisotopic (exact) mass is 305 g/mol. The van der Waals surface area contributed by atoms with Gasteiger partial charge >= 0.3 is 5.97 Å². The van der Waals surface area contributed by atoms with Crippen molar-refractivity contribution in [3.8, 4) is 0 Å². The molecule has 0 aliphatic carbocycles. The number of nitrogens with zero attached hydrogens (tertiary/aromatic N) is 3. The van der Waals surface area contributed by atoms with Crippen molar-refractivity contribution in [3.63, 3.8) is 0 Å². The number of carbonyl (C=O) groups is 2. The van der Waals surface area contributed by atoms with E-state index in [0.717, 1.165) is 5.56 Å². The van der Waals surface area contributed by atoms with Gasteiger partial charge in [-0.1, -0.05) is 0 Å². The Morgan fingerprint density at radius 3 is 2.82 bits per heavy atom. The number of hydrogen-bond acceptors (Lipinski definition) is 5. The third kappa shape index (κ3) is 3.62.